The fraction of sp³-hybridized carbons (Fsp3) is 0.239. The van der Waals surface area contributed by atoms with Gasteiger partial charge in [-0.2, -0.15) is 0 Å². The van der Waals surface area contributed by atoms with E-state index < -0.39 is 0 Å². The van der Waals surface area contributed by atoms with Gasteiger partial charge in [-0.3, -0.25) is 0 Å². The molecule has 3 aliphatic rings. The molecule has 2 aromatic heterocycles. The topological polar surface area (TPSA) is 29.5 Å². The van der Waals surface area contributed by atoms with Crippen LogP contribution in [0.15, 0.2) is 173 Å². The van der Waals surface area contributed by atoms with Gasteiger partial charge in [-0.25, -0.2) is 0 Å². The number of para-hydroxylation sites is 2. The van der Waals surface area contributed by atoms with Crippen LogP contribution in [0.3, 0.4) is 0 Å². The highest BCUT2D eigenvalue weighted by atomic mass is 16.3. The molecular weight excluding hydrogens is 899 g/mol. The maximum Gasteiger partial charge on any atom is 0.144 e. The Hall–Kier alpha value is -7.62. The maximum absolute atomic E-state index is 7.08. The number of nitrogens with zero attached hydrogens (tertiary/aromatic N) is 1. The zero-order valence-corrected chi connectivity index (χ0v) is 44.9. The van der Waals surface area contributed by atoms with E-state index in [2.05, 4.69) is 252 Å². The van der Waals surface area contributed by atoms with Crippen molar-refractivity contribution in [1.29, 1.82) is 0 Å². The predicted molar refractivity (Wildman–Crippen MR) is 311 cm³/mol. The summed E-state index contributed by atoms with van der Waals surface area (Å²) in [5.41, 5.74) is 27.1. The highest BCUT2D eigenvalue weighted by molar-refractivity contribution is 6.21. The van der Waals surface area contributed by atoms with Gasteiger partial charge in [-0.1, -0.05) is 192 Å². The highest BCUT2D eigenvalue weighted by Crippen LogP contribution is 2.64. The van der Waals surface area contributed by atoms with E-state index in [1.165, 1.54) is 99.6 Å². The minimum Gasteiger partial charge on any atom is -0.455 e. The lowest BCUT2D eigenvalue weighted by Gasteiger charge is -2.32. The zero-order valence-electron chi connectivity index (χ0n) is 44.9. The molecular formula is C71H63NO2. The predicted octanol–water partition coefficient (Wildman–Crippen LogP) is 20.1. The molecule has 11 aromatic rings. The summed E-state index contributed by atoms with van der Waals surface area (Å²) in [5.74, 6) is 0. The Morgan fingerprint density at radius 3 is 1.49 bits per heavy atom. The van der Waals surface area contributed by atoms with E-state index in [-0.39, 0.29) is 27.1 Å². The van der Waals surface area contributed by atoms with Crippen LogP contribution in [-0.4, -0.2) is 0 Å². The molecule has 14 rings (SSSR count). The van der Waals surface area contributed by atoms with E-state index in [4.69, 9.17) is 8.83 Å². The largest absolute Gasteiger partial charge is 0.455 e. The second-order valence-electron chi connectivity index (χ2n) is 25.3. The first-order chi connectivity index (χ1) is 35.3. The van der Waals surface area contributed by atoms with Gasteiger partial charge in [0.05, 0.1) is 0 Å². The fourth-order valence-electron chi connectivity index (χ4n) is 14.0. The van der Waals surface area contributed by atoms with Gasteiger partial charge in [0.15, 0.2) is 0 Å². The summed E-state index contributed by atoms with van der Waals surface area (Å²) >= 11 is 0. The molecule has 0 saturated carbocycles. The first-order valence-electron chi connectivity index (χ1n) is 26.7. The van der Waals surface area contributed by atoms with E-state index in [0.717, 1.165) is 50.3 Å². The summed E-state index contributed by atoms with van der Waals surface area (Å²) < 4.78 is 14.1. The average molecular weight is 962 g/mol. The van der Waals surface area contributed by atoms with Crippen molar-refractivity contribution >= 4 is 60.9 Å². The highest BCUT2D eigenvalue weighted by Gasteiger charge is 2.49. The normalized spacial score (nSPS) is 15.6. The van der Waals surface area contributed by atoms with Crippen molar-refractivity contribution in [1.82, 2.24) is 0 Å². The van der Waals surface area contributed by atoms with E-state index in [1.54, 1.807) is 0 Å². The zero-order chi connectivity index (χ0) is 51.2. The molecule has 0 saturated heterocycles. The summed E-state index contributed by atoms with van der Waals surface area (Å²) in [5, 5.41) is 4.76. The van der Waals surface area contributed by atoms with Crippen LogP contribution in [0.5, 0.6) is 0 Å². The minimum atomic E-state index is -0.345. The van der Waals surface area contributed by atoms with E-state index in [0.29, 0.717) is 0 Å². The first kappa shape index (κ1) is 45.0. The van der Waals surface area contributed by atoms with E-state index >= 15 is 0 Å². The molecule has 0 amide bonds. The summed E-state index contributed by atoms with van der Waals surface area (Å²) in [4.78, 5) is 2.50. The molecule has 364 valence electrons. The maximum atomic E-state index is 7.08. The Morgan fingerprint density at radius 1 is 0.365 bits per heavy atom. The van der Waals surface area contributed by atoms with Crippen LogP contribution in [-0.2, 0) is 27.1 Å². The van der Waals surface area contributed by atoms with Gasteiger partial charge in [0.2, 0.25) is 0 Å². The van der Waals surface area contributed by atoms with Gasteiger partial charge in [-0.15, -0.1) is 0 Å². The standard InChI is InChI=1S/C71H63NO2/c1-67(2,3)40-29-31-41(32-30-40)72(42-33-35-46-53(37-42)69(7,8)55-39-50(44-21-13-17-25-51(44)68(4,5)6)65-60(58(46)55)48-23-15-19-27-56(48)73-65)43-34-36-47-54(38-43)71(11,12)64-62(47)66-61(49-24-16-20-28-57(49)74-66)59-45-22-14-18-26-52(45)70(9,10)63(59)64/h13-39H,1-12H3. The van der Waals surface area contributed by atoms with E-state index in [9.17, 15) is 0 Å². The Kier molecular flexibility index (Phi) is 9.00. The molecule has 0 atom stereocenters. The molecule has 74 heavy (non-hydrogen) atoms. The molecule has 0 radical (unpaired) electrons. The number of rotatable bonds is 4. The summed E-state index contributed by atoms with van der Waals surface area (Å²) in [7, 11) is 0. The Bertz CT molecular complexity index is 4230. The second kappa shape index (κ2) is 14.8. The number of hydrogen-bond acceptors (Lipinski definition) is 3. The van der Waals surface area contributed by atoms with Crippen molar-refractivity contribution in [2.75, 3.05) is 4.90 Å². The third-order valence-electron chi connectivity index (χ3n) is 17.7. The SMILES string of the molecule is CC(C)(C)c1ccc(N(c2ccc3c(c2)C(C)(C)c2cc(-c4ccccc4C(C)(C)C)c4oc5ccccc5c4c2-3)c2ccc3c(c2)C(C)(C)c2c4c(c5c(oc6ccccc65)c2-3)-c2ccccc2C4(C)C)cc1. The van der Waals surface area contributed by atoms with Crippen molar-refractivity contribution in [3.63, 3.8) is 0 Å². The van der Waals surface area contributed by atoms with Gasteiger partial charge >= 0.3 is 0 Å². The number of hydrogen-bond donors (Lipinski definition) is 0. The van der Waals surface area contributed by atoms with Crippen LogP contribution < -0.4 is 4.90 Å². The molecule has 2 heterocycles. The fourth-order valence-corrected chi connectivity index (χ4v) is 14.0. The van der Waals surface area contributed by atoms with Crippen molar-refractivity contribution < 1.29 is 8.83 Å². The Labute approximate surface area is 435 Å². The summed E-state index contributed by atoms with van der Waals surface area (Å²) in [6.45, 7) is 28.4. The van der Waals surface area contributed by atoms with Crippen molar-refractivity contribution in [2.24, 2.45) is 0 Å². The van der Waals surface area contributed by atoms with Crippen molar-refractivity contribution in [3.8, 4) is 44.5 Å². The Morgan fingerprint density at radius 2 is 0.851 bits per heavy atom. The molecule has 9 aromatic carbocycles. The molecule has 0 bridgehead atoms. The average Bonchev–Trinajstić information content (AvgIpc) is 4.14. The van der Waals surface area contributed by atoms with Crippen molar-refractivity contribution in [2.45, 2.75) is 110 Å². The van der Waals surface area contributed by atoms with Crippen LogP contribution in [0.25, 0.3) is 88.4 Å². The number of furan rings is 2. The van der Waals surface area contributed by atoms with Crippen LogP contribution >= 0.6 is 0 Å². The lowest BCUT2D eigenvalue weighted by Crippen LogP contribution is -2.24. The third-order valence-corrected chi connectivity index (χ3v) is 17.7. The smallest absolute Gasteiger partial charge is 0.144 e. The Balaban J connectivity index is 0.987. The first-order valence-corrected chi connectivity index (χ1v) is 26.7. The van der Waals surface area contributed by atoms with Crippen LogP contribution in [0, 0.1) is 0 Å². The van der Waals surface area contributed by atoms with Gasteiger partial charge < -0.3 is 13.7 Å². The second-order valence-corrected chi connectivity index (χ2v) is 25.3. The number of anilines is 3. The number of benzene rings is 9. The summed E-state index contributed by atoms with van der Waals surface area (Å²) in [6.07, 6.45) is 0. The molecule has 3 aliphatic carbocycles. The summed E-state index contributed by atoms with van der Waals surface area (Å²) in [6, 6.07) is 61.5. The lowest BCUT2D eigenvalue weighted by molar-refractivity contribution is 0.590. The van der Waals surface area contributed by atoms with Crippen LogP contribution in [0.1, 0.15) is 128 Å². The van der Waals surface area contributed by atoms with Gasteiger partial charge in [0.25, 0.3) is 0 Å². The van der Waals surface area contributed by atoms with Crippen molar-refractivity contribution in [3.05, 3.63) is 208 Å². The molecule has 0 aliphatic heterocycles. The number of fused-ring (bicyclic) bond motifs is 19. The van der Waals surface area contributed by atoms with E-state index in [1.807, 2.05) is 0 Å². The molecule has 3 heteroatoms. The monoisotopic (exact) mass is 961 g/mol. The quantitative estimate of drug-likeness (QED) is 0.176. The van der Waals surface area contributed by atoms with Gasteiger partial charge in [-0.05, 0) is 143 Å². The van der Waals surface area contributed by atoms with Crippen LogP contribution in [0.4, 0.5) is 17.1 Å². The van der Waals surface area contributed by atoms with Crippen LogP contribution in [0.2, 0.25) is 0 Å². The molecule has 0 fully saturated rings. The molecule has 0 spiro atoms. The van der Waals surface area contributed by atoms with Gasteiger partial charge in [0.1, 0.15) is 22.3 Å². The molecule has 3 nitrogen and oxygen atoms in total. The third kappa shape index (κ3) is 5.96. The molecule has 0 N–H and O–H groups in total. The minimum absolute atomic E-state index is 0.0145. The van der Waals surface area contributed by atoms with Gasteiger partial charge in [0, 0.05) is 66.0 Å². The molecule has 0 unspecified atom stereocenters. The lowest BCUT2D eigenvalue weighted by atomic mass is 9.72.